The van der Waals surface area contributed by atoms with Gasteiger partial charge in [-0.25, -0.2) is 4.99 Å². The highest BCUT2D eigenvalue weighted by molar-refractivity contribution is 6.00. The lowest BCUT2D eigenvalue weighted by Crippen LogP contribution is -2.44. The lowest BCUT2D eigenvalue weighted by atomic mass is 9.93. The summed E-state index contributed by atoms with van der Waals surface area (Å²) in [4.78, 5) is 4.43. The summed E-state index contributed by atoms with van der Waals surface area (Å²) in [6.07, 6.45) is 2.40. The minimum atomic E-state index is -1.54. The van der Waals surface area contributed by atoms with E-state index in [0.29, 0.717) is 13.2 Å². The average Bonchev–Trinajstić information content (AvgIpc) is 3.28. The molecule has 142 valence electrons. The van der Waals surface area contributed by atoms with Gasteiger partial charge in [0.2, 0.25) is 0 Å². The Kier molecular flexibility index (Phi) is 4.99. The van der Waals surface area contributed by atoms with E-state index >= 15 is 0 Å². The smallest absolute Gasteiger partial charge is 0.293 e. The van der Waals surface area contributed by atoms with Crippen LogP contribution in [0.1, 0.15) is 50.7 Å². The molecule has 1 aromatic rings. The first kappa shape index (κ1) is 19.4. The zero-order valence-electron chi connectivity index (χ0n) is 16.2. The molecule has 0 saturated heterocycles. The number of nitrogens with two attached hydrogens (primary N) is 1. The summed E-state index contributed by atoms with van der Waals surface area (Å²) in [6.45, 7) is 6.76. The van der Waals surface area contributed by atoms with Crippen LogP contribution in [-0.2, 0) is 15.9 Å². The number of ether oxygens (including phenoxy) is 2. The monoisotopic (exact) mass is 366 g/mol. The number of hydrogen-bond acceptors (Lipinski definition) is 6. The van der Waals surface area contributed by atoms with Gasteiger partial charge in [0, 0.05) is 5.92 Å². The molecule has 3 rings (SSSR count). The van der Waals surface area contributed by atoms with Crippen LogP contribution >= 0.6 is 0 Å². The van der Waals surface area contributed by atoms with Crippen molar-refractivity contribution in [3.63, 3.8) is 0 Å². The molecule has 1 aliphatic heterocycles. The van der Waals surface area contributed by atoms with Crippen molar-refractivity contribution in [1.82, 2.24) is 0 Å². The molecular formula is C21H26N4O2. The normalized spacial score (nSPS) is 30.1. The van der Waals surface area contributed by atoms with Gasteiger partial charge in [0.05, 0.1) is 25.4 Å². The Balaban J connectivity index is 2.13. The van der Waals surface area contributed by atoms with E-state index in [-0.39, 0.29) is 5.84 Å². The molecule has 0 bridgehead atoms. The van der Waals surface area contributed by atoms with Crippen molar-refractivity contribution in [2.45, 2.75) is 51.9 Å². The second-order valence-corrected chi connectivity index (χ2v) is 7.14. The van der Waals surface area contributed by atoms with Gasteiger partial charge in [-0.3, -0.25) is 0 Å². The Hall–Kier alpha value is -2.41. The van der Waals surface area contributed by atoms with E-state index in [2.05, 4.69) is 24.1 Å². The fourth-order valence-electron chi connectivity index (χ4n) is 4.28. The molecular weight excluding hydrogens is 340 g/mol. The number of aliphatic imine (C=N–C) groups is 1. The molecule has 1 aromatic carbocycles. The van der Waals surface area contributed by atoms with Gasteiger partial charge >= 0.3 is 0 Å². The molecule has 2 N–H and O–H groups in total. The second kappa shape index (κ2) is 6.96. The first-order chi connectivity index (χ1) is 13.0. The number of hydrogen-bond donors (Lipinski definition) is 1. The predicted octanol–water partition coefficient (Wildman–Crippen LogP) is 3.24. The SMILES string of the molecule is CCCOC1(OCCC)N=C(N)C2(C#N)C(c3ccc(CC)cc3)C12C#N. The molecule has 3 atom stereocenters. The molecule has 6 nitrogen and oxygen atoms in total. The zero-order chi connectivity index (χ0) is 19.7. The molecule has 1 saturated carbocycles. The molecule has 0 aromatic heterocycles. The third kappa shape index (κ3) is 2.34. The van der Waals surface area contributed by atoms with Crippen LogP contribution in [0, 0.1) is 33.5 Å². The summed E-state index contributed by atoms with van der Waals surface area (Å²) in [5.41, 5.74) is 5.82. The van der Waals surface area contributed by atoms with Gasteiger partial charge in [0.15, 0.2) is 5.41 Å². The zero-order valence-corrected chi connectivity index (χ0v) is 16.2. The number of nitriles is 2. The van der Waals surface area contributed by atoms with Gasteiger partial charge in [-0.1, -0.05) is 45.0 Å². The Morgan fingerprint density at radius 1 is 1.04 bits per heavy atom. The first-order valence-corrected chi connectivity index (χ1v) is 9.58. The standard InChI is InChI=1S/C21H26N4O2/c1-4-11-26-21(27-12-5-2)20(14-23)17(19(20,13-22)18(24)25-21)16-9-7-15(6-3)8-10-16/h7-10,17H,4-6,11-12H2,1-3H3,(H2,24,25). The number of fused-ring (bicyclic) bond motifs is 1. The van der Waals surface area contributed by atoms with Crippen LogP contribution in [0.15, 0.2) is 29.3 Å². The molecule has 1 fully saturated rings. The van der Waals surface area contributed by atoms with Crippen LogP contribution in [0.5, 0.6) is 0 Å². The summed E-state index contributed by atoms with van der Waals surface area (Å²) in [5, 5.41) is 20.3. The molecule has 3 unspecified atom stereocenters. The summed E-state index contributed by atoms with van der Waals surface area (Å²) in [7, 11) is 0. The molecule has 6 heteroatoms. The predicted molar refractivity (Wildman–Crippen MR) is 101 cm³/mol. The van der Waals surface area contributed by atoms with Gasteiger partial charge in [-0.05, 0) is 30.4 Å². The maximum absolute atomic E-state index is 10.3. The van der Waals surface area contributed by atoms with Crippen molar-refractivity contribution in [3.05, 3.63) is 35.4 Å². The Bertz CT molecular complexity index is 812. The highest BCUT2D eigenvalue weighted by Gasteiger charge is 2.93. The van der Waals surface area contributed by atoms with Crippen molar-refractivity contribution in [2.24, 2.45) is 21.6 Å². The molecule has 0 amide bonds. The number of aryl methyl sites for hydroxylation is 1. The van der Waals surface area contributed by atoms with Crippen molar-refractivity contribution >= 4 is 5.84 Å². The maximum atomic E-state index is 10.3. The Morgan fingerprint density at radius 3 is 2.07 bits per heavy atom. The average molecular weight is 366 g/mol. The minimum Gasteiger partial charge on any atom is -0.386 e. The number of benzene rings is 1. The highest BCUT2D eigenvalue weighted by atomic mass is 16.7. The molecule has 0 spiro atoms. The van der Waals surface area contributed by atoms with Crippen molar-refractivity contribution in [3.8, 4) is 12.1 Å². The summed E-state index contributed by atoms with van der Waals surface area (Å²) in [6, 6.07) is 12.6. The number of amidine groups is 1. The number of rotatable bonds is 8. The molecule has 0 radical (unpaired) electrons. The minimum absolute atomic E-state index is 0.128. The van der Waals surface area contributed by atoms with Gasteiger partial charge in [-0.15, -0.1) is 0 Å². The lowest BCUT2D eigenvalue weighted by Gasteiger charge is -2.32. The fraction of sp³-hybridized carbons (Fsp3) is 0.571. The quantitative estimate of drug-likeness (QED) is 0.711. The van der Waals surface area contributed by atoms with E-state index in [1.165, 1.54) is 5.56 Å². The van der Waals surface area contributed by atoms with Gasteiger partial charge in [-0.2, -0.15) is 10.5 Å². The van der Waals surface area contributed by atoms with Crippen LogP contribution in [0.25, 0.3) is 0 Å². The van der Waals surface area contributed by atoms with Crippen LogP contribution in [-0.4, -0.2) is 25.0 Å². The van der Waals surface area contributed by atoms with E-state index in [1.807, 2.05) is 38.1 Å². The van der Waals surface area contributed by atoms with E-state index in [1.54, 1.807) is 0 Å². The van der Waals surface area contributed by atoms with E-state index in [0.717, 1.165) is 24.8 Å². The van der Waals surface area contributed by atoms with Gasteiger partial charge < -0.3 is 15.2 Å². The fourth-order valence-corrected chi connectivity index (χ4v) is 4.28. The van der Waals surface area contributed by atoms with Crippen LogP contribution in [0.4, 0.5) is 0 Å². The third-order valence-electron chi connectivity index (χ3n) is 5.65. The first-order valence-electron chi connectivity index (χ1n) is 9.58. The highest BCUT2D eigenvalue weighted by Crippen LogP contribution is 2.82. The summed E-state index contributed by atoms with van der Waals surface area (Å²) < 4.78 is 12.0. The molecule has 27 heavy (non-hydrogen) atoms. The number of nitrogens with zero attached hydrogens (tertiary/aromatic N) is 3. The maximum Gasteiger partial charge on any atom is 0.293 e. The lowest BCUT2D eigenvalue weighted by molar-refractivity contribution is -0.259. The van der Waals surface area contributed by atoms with Crippen LogP contribution in [0.3, 0.4) is 0 Å². The molecule has 1 heterocycles. The topological polar surface area (TPSA) is 104 Å². The Labute approximate surface area is 160 Å². The second-order valence-electron chi connectivity index (χ2n) is 7.14. The van der Waals surface area contributed by atoms with Crippen molar-refractivity contribution < 1.29 is 9.47 Å². The van der Waals surface area contributed by atoms with E-state index < -0.39 is 22.7 Å². The van der Waals surface area contributed by atoms with E-state index in [9.17, 15) is 10.5 Å². The molecule has 1 aliphatic carbocycles. The third-order valence-corrected chi connectivity index (χ3v) is 5.65. The summed E-state index contributed by atoms with van der Waals surface area (Å²) in [5.74, 6) is -1.85. The van der Waals surface area contributed by atoms with Crippen molar-refractivity contribution in [1.29, 1.82) is 10.5 Å². The Morgan fingerprint density at radius 2 is 1.63 bits per heavy atom. The van der Waals surface area contributed by atoms with E-state index in [4.69, 9.17) is 15.2 Å². The largest absolute Gasteiger partial charge is 0.386 e. The van der Waals surface area contributed by atoms with Crippen LogP contribution < -0.4 is 5.73 Å². The van der Waals surface area contributed by atoms with Gasteiger partial charge in [0.1, 0.15) is 11.3 Å². The summed E-state index contributed by atoms with van der Waals surface area (Å²) >= 11 is 0. The molecule has 2 aliphatic rings. The van der Waals surface area contributed by atoms with Crippen LogP contribution in [0.2, 0.25) is 0 Å². The van der Waals surface area contributed by atoms with Gasteiger partial charge in [0.25, 0.3) is 5.91 Å². The van der Waals surface area contributed by atoms with Crippen molar-refractivity contribution in [2.75, 3.05) is 13.2 Å².